The number of rotatable bonds is 54. The maximum atomic E-state index is 14.5. The zero-order chi connectivity index (χ0) is 60.7. The lowest BCUT2D eigenvalue weighted by molar-refractivity contribution is -0.365. The molecule has 2 saturated heterocycles. The van der Waals surface area contributed by atoms with Gasteiger partial charge in [-0.3, -0.25) is 4.79 Å². The molecule has 87 heavy (non-hydrogen) atoms. The van der Waals surface area contributed by atoms with E-state index in [0.29, 0.717) is 45.9 Å². The number of allylic oxidation sites excluding steroid dienone is 1. The predicted octanol–water partition coefficient (Wildman–Crippen LogP) is 20.2. The van der Waals surface area contributed by atoms with E-state index in [-0.39, 0.29) is 24.7 Å². The van der Waals surface area contributed by atoms with Crippen molar-refractivity contribution in [2.75, 3.05) is 13.2 Å². The van der Waals surface area contributed by atoms with Crippen LogP contribution in [0.5, 0.6) is 0 Å². The van der Waals surface area contributed by atoms with Crippen LogP contribution in [0.2, 0.25) is 0 Å². The van der Waals surface area contributed by atoms with Crippen LogP contribution in [-0.4, -0.2) is 68.1 Å². The molecule has 484 valence electrons. The zero-order valence-electron chi connectivity index (χ0n) is 54.6. The Morgan fingerprint density at radius 3 is 1.28 bits per heavy atom. The average molecular weight is 1200 g/mol. The SMILES string of the molecule is CCCCCCCCCCCC=CC[C@@H](OCc1ccccc1)[C@@H](OCc1ccccc1)[C@H](CO[C@H]1O[C@@H]2CO[C@@H]2[C@H](OCc2ccccc2)[C@H]1OCc1ccccc1)NC(=O)CCCCCCCCCCCCCCCCCCCCCCCCC. The zero-order valence-corrected chi connectivity index (χ0v) is 54.6. The minimum atomic E-state index is -0.821. The second-order valence-corrected chi connectivity index (χ2v) is 25.3. The fourth-order valence-electron chi connectivity index (χ4n) is 12.3. The van der Waals surface area contributed by atoms with Crippen molar-refractivity contribution in [2.45, 2.75) is 314 Å². The van der Waals surface area contributed by atoms with E-state index < -0.39 is 36.7 Å². The second-order valence-electron chi connectivity index (χ2n) is 25.3. The molecule has 0 radical (unpaired) electrons. The molecule has 2 fully saturated rings. The summed E-state index contributed by atoms with van der Waals surface area (Å²) in [7, 11) is 0. The maximum absolute atomic E-state index is 14.5. The van der Waals surface area contributed by atoms with Crippen LogP contribution in [0, 0.1) is 0 Å². The first-order valence-electron chi connectivity index (χ1n) is 35.6. The van der Waals surface area contributed by atoms with Gasteiger partial charge in [0, 0.05) is 6.42 Å². The van der Waals surface area contributed by atoms with Crippen LogP contribution in [0.3, 0.4) is 0 Å². The molecule has 0 aromatic heterocycles. The molecule has 1 amide bonds. The van der Waals surface area contributed by atoms with Gasteiger partial charge in [-0.2, -0.15) is 0 Å². The Morgan fingerprint density at radius 2 is 0.851 bits per heavy atom. The van der Waals surface area contributed by atoms with Crippen LogP contribution in [0.4, 0.5) is 0 Å². The Labute approximate surface area is 529 Å². The topological polar surface area (TPSA) is 93.7 Å². The Kier molecular flexibility index (Phi) is 39.4. The summed E-state index contributed by atoms with van der Waals surface area (Å²) in [5, 5.41) is 3.50. The number of carbonyl (C=O) groups is 1. The summed E-state index contributed by atoms with van der Waals surface area (Å²) in [5.41, 5.74) is 4.21. The number of ether oxygens (including phenoxy) is 7. The largest absolute Gasteiger partial charge is 0.370 e. The first-order valence-corrected chi connectivity index (χ1v) is 35.6. The molecule has 1 N–H and O–H groups in total. The van der Waals surface area contributed by atoms with E-state index in [0.717, 1.165) is 47.9 Å². The van der Waals surface area contributed by atoms with Gasteiger partial charge < -0.3 is 38.5 Å². The highest BCUT2D eigenvalue weighted by Crippen LogP contribution is 2.36. The van der Waals surface area contributed by atoms with Gasteiger partial charge in [0.15, 0.2) is 6.29 Å². The van der Waals surface area contributed by atoms with E-state index in [4.69, 9.17) is 33.2 Å². The highest BCUT2D eigenvalue weighted by atomic mass is 16.7. The normalized spacial score (nSPS) is 18.5. The summed E-state index contributed by atoms with van der Waals surface area (Å²) >= 11 is 0. The highest BCUT2D eigenvalue weighted by Gasteiger charge is 2.53. The summed E-state index contributed by atoms with van der Waals surface area (Å²) in [6.07, 6.45) is 45.6. The molecular weight excluding hydrogens is 1080 g/mol. The second kappa shape index (κ2) is 47.7. The number of nitrogens with one attached hydrogen (secondary N) is 1. The smallest absolute Gasteiger partial charge is 0.220 e. The fourth-order valence-corrected chi connectivity index (χ4v) is 12.3. The third kappa shape index (κ3) is 31.4. The molecule has 8 atom stereocenters. The molecule has 9 nitrogen and oxygen atoms in total. The van der Waals surface area contributed by atoms with Crippen LogP contribution in [0.1, 0.15) is 261 Å². The van der Waals surface area contributed by atoms with Gasteiger partial charge in [0.25, 0.3) is 0 Å². The Bertz CT molecular complexity index is 2250. The van der Waals surface area contributed by atoms with Gasteiger partial charge in [-0.05, 0) is 47.9 Å². The third-order valence-corrected chi connectivity index (χ3v) is 17.8. The number of benzene rings is 4. The lowest BCUT2D eigenvalue weighted by Crippen LogP contribution is -2.67. The van der Waals surface area contributed by atoms with E-state index in [1.54, 1.807) is 0 Å². The Hall–Kier alpha value is -4.19. The first kappa shape index (κ1) is 71.9. The lowest BCUT2D eigenvalue weighted by Gasteiger charge is -2.51. The van der Waals surface area contributed by atoms with Crippen molar-refractivity contribution in [3.05, 3.63) is 156 Å². The van der Waals surface area contributed by atoms with Gasteiger partial charge in [0.05, 0.1) is 51.8 Å². The minimum absolute atomic E-state index is 0.0129. The Morgan fingerprint density at radius 1 is 0.460 bits per heavy atom. The van der Waals surface area contributed by atoms with Crippen molar-refractivity contribution in [2.24, 2.45) is 0 Å². The van der Waals surface area contributed by atoms with Gasteiger partial charge in [-0.1, -0.05) is 340 Å². The number of amides is 1. The molecule has 0 unspecified atom stereocenters. The maximum Gasteiger partial charge on any atom is 0.220 e. The van der Waals surface area contributed by atoms with Crippen molar-refractivity contribution in [3.8, 4) is 0 Å². The molecular formula is C78H119NO8. The number of hydrogen-bond acceptors (Lipinski definition) is 8. The van der Waals surface area contributed by atoms with E-state index in [2.05, 4.69) is 92.0 Å². The molecule has 9 heteroatoms. The number of fused-ring (bicyclic) bond motifs is 1. The van der Waals surface area contributed by atoms with Gasteiger partial charge >= 0.3 is 0 Å². The monoisotopic (exact) mass is 1200 g/mol. The molecule has 4 aromatic rings. The van der Waals surface area contributed by atoms with Gasteiger partial charge in [0.2, 0.25) is 5.91 Å². The van der Waals surface area contributed by atoms with Gasteiger partial charge in [0.1, 0.15) is 30.5 Å². The molecule has 0 saturated carbocycles. The summed E-state index contributed by atoms with van der Waals surface area (Å²) < 4.78 is 47.7. The van der Waals surface area contributed by atoms with Gasteiger partial charge in [-0.15, -0.1) is 0 Å². The predicted molar refractivity (Wildman–Crippen MR) is 358 cm³/mol. The average Bonchev–Trinajstić information content (AvgIpc) is 1.25. The molecule has 4 aromatic carbocycles. The third-order valence-electron chi connectivity index (χ3n) is 17.8. The number of carbonyl (C=O) groups excluding carboxylic acids is 1. The minimum Gasteiger partial charge on any atom is -0.370 e. The molecule has 6 rings (SSSR count). The van der Waals surface area contributed by atoms with E-state index >= 15 is 0 Å². The summed E-state index contributed by atoms with van der Waals surface area (Å²) in [4.78, 5) is 14.5. The molecule has 0 spiro atoms. The van der Waals surface area contributed by atoms with Crippen molar-refractivity contribution in [3.63, 3.8) is 0 Å². The molecule has 2 heterocycles. The number of hydrogen-bond donors (Lipinski definition) is 1. The van der Waals surface area contributed by atoms with Crippen LogP contribution in [0.25, 0.3) is 0 Å². The summed E-state index contributed by atoms with van der Waals surface area (Å²) in [6, 6.07) is 40.4. The number of unbranched alkanes of at least 4 members (excludes halogenated alkanes) is 31. The summed E-state index contributed by atoms with van der Waals surface area (Å²) in [5.74, 6) is -0.0129. The van der Waals surface area contributed by atoms with Crippen molar-refractivity contribution < 1.29 is 38.0 Å². The summed E-state index contributed by atoms with van der Waals surface area (Å²) in [6.45, 7) is 6.56. The van der Waals surface area contributed by atoms with Gasteiger partial charge in [-0.25, -0.2) is 0 Å². The Balaban J connectivity index is 1.08. The van der Waals surface area contributed by atoms with Crippen LogP contribution in [0.15, 0.2) is 133 Å². The fraction of sp³-hybridized carbons (Fsp3) is 0.654. The van der Waals surface area contributed by atoms with E-state index in [1.807, 2.05) is 60.7 Å². The van der Waals surface area contributed by atoms with E-state index in [9.17, 15) is 4.79 Å². The standard InChI is InChI=1S/C78H119NO8/c1-3-5-7-9-11-13-15-17-18-19-20-21-22-23-24-25-26-27-29-31-33-35-49-59-73(80)79-70(64-86-78-77(84-63-69-56-46-39-47-57-69)76(75-72(87-78)65-85-75)83-62-68-54-44-38-45-55-68)74(82-61-67-52-42-37-43-53-67)71(81-60-66-50-40-36-41-51-66)58-48-34-32-30-28-16-14-12-10-8-6-4-2/h34,36-48,50-57,70-72,74-78H,3-33,35,49,58-65H2,1-2H3,(H,79,80)/t70-,71+,72+,74-,75-,76-,77+,78-/m0/s1. The molecule has 0 aliphatic carbocycles. The van der Waals surface area contributed by atoms with Crippen LogP contribution in [-0.2, 0) is 64.4 Å². The quantitative estimate of drug-likeness (QED) is 0.0345. The highest BCUT2D eigenvalue weighted by molar-refractivity contribution is 5.76. The lowest BCUT2D eigenvalue weighted by atomic mass is 9.94. The first-order chi connectivity index (χ1) is 43.1. The van der Waals surface area contributed by atoms with Crippen LogP contribution >= 0.6 is 0 Å². The van der Waals surface area contributed by atoms with E-state index in [1.165, 1.54) is 186 Å². The van der Waals surface area contributed by atoms with Crippen molar-refractivity contribution in [1.29, 1.82) is 0 Å². The molecule has 2 aliphatic heterocycles. The van der Waals surface area contributed by atoms with Crippen LogP contribution < -0.4 is 5.32 Å². The molecule has 2 aliphatic rings. The van der Waals surface area contributed by atoms with Crippen molar-refractivity contribution in [1.82, 2.24) is 5.32 Å². The molecule has 0 bridgehead atoms. The van der Waals surface area contributed by atoms with Crippen molar-refractivity contribution >= 4 is 5.91 Å².